The van der Waals surface area contributed by atoms with Crippen molar-refractivity contribution < 1.29 is 19.1 Å². The summed E-state index contributed by atoms with van der Waals surface area (Å²) in [6, 6.07) is 14.0. The number of carbonyl (C=O) groups is 1. The van der Waals surface area contributed by atoms with Crippen LogP contribution in [0.2, 0.25) is 0 Å². The molecular weight excluding hydrogens is 282 g/mol. The average molecular weight is 294 g/mol. The summed E-state index contributed by atoms with van der Waals surface area (Å²) in [5.74, 6) is -0.443. The Morgan fingerprint density at radius 1 is 1.14 bits per heavy atom. The number of phenolic OH excluding ortho intramolecular Hbond substituents is 1. The molecule has 0 spiro atoms. The van der Waals surface area contributed by atoms with Gasteiger partial charge < -0.3 is 14.8 Å². The maximum Gasteiger partial charge on any atom is 0.255 e. The van der Waals surface area contributed by atoms with E-state index < -0.39 is 11.9 Å². The molecule has 0 aliphatic heterocycles. The van der Waals surface area contributed by atoms with Crippen LogP contribution in [0.3, 0.4) is 0 Å². The normalized spacial score (nSPS) is 12.0. The molecule has 2 aromatic carbocycles. The van der Waals surface area contributed by atoms with E-state index in [2.05, 4.69) is 5.32 Å². The van der Waals surface area contributed by atoms with Gasteiger partial charge in [0.2, 0.25) is 6.29 Å². The number of hydrogen-bond acceptors (Lipinski definition) is 4. The summed E-state index contributed by atoms with van der Waals surface area (Å²) in [6.45, 7) is 0. The third-order valence-corrected chi connectivity index (χ3v) is 3.27. The Labute approximate surface area is 126 Å². The Morgan fingerprint density at radius 2 is 1.86 bits per heavy atom. The Hall–Kier alpha value is -3.08. The first-order valence-electron chi connectivity index (χ1n) is 6.64. The Bertz CT molecular complexity index is 804. The van der Waals surface area contributed by atoms with Gasteiger partial charge in [0.1, 0.15) is 17.1 Å². The van der Waals surface area contributed by atoms with Gasteiger partial charge in [-0.2, -0.15) is 0 Å². The fraction of sp³-hybridized carbons (Fsp3) is 0.0588. The van der Waals surface area contributed by atoms with Gasteiger partial charge >= 0.3 is 0 Å². The van der Waals surface area contributed by atoms with Gasteiger partial charge in [0, 0.05) is 5.39 Å². The molecule has 0 bridgehead atoms. The second-order valence-corrected chi connectivity index (χ2v) is 4.73. The van der Waals surface area contributed by atoms with Crippen molar-refractivity contribution in [3.05, 3.63) is 65.9 Å². The maximum atomic E-state index is 12.1. The van der Waals surface area contributed by atoms with Crippen LogP contribution < -0.4 is 5.32 Å². The zero-order valence-corrected chi connectivity index (χ0v) is 11.4. The van der Waals surface area contributed by atoms with Gasteiger partial charge in [0.15, 0.2) is 6.04 Å². The van der Waals surface area contributed by atoms with E-state index in [-0.39, 0.29) is 11.3 Å². The highest BCUT2D eigenvalue weighted by Crippen LogP contribution is 2.24. The number of carbonyl (C=O) groups excluding carboxylic acids is 2. The topological polar surface area (TPSA) is 79.5 Å². The van der Waals surface area contributed by atoms with Crippen molar-refractivity contribution in [3.8, 4) is 5.75 Å². The molecule has 0 aliphatic rings. The molecule has 0 fully saturated rings. The van der Waals surface area contributed by atoms with Crippen LogP contribution in [0.25, 0.3) is 11.0 Å². The van der Waals surface area contributed by atoms with E-state index in [1.807, 2.05) is 18.2 Å². The third-order valence-electron chi connectivity index (χ3n) is 3.27. The highest BCUT2D eigenvalue weighted by Gasteiger charge is 2.21. The van der Waals surface area contributed by atoms with Gasteiger partial charge in [-0.3, -0.25) is 9.59 Å². The van der Waals surface area contributed by atoms with E-state index in [1.165, 1.54) is 12.1 Å². The molecule has 1 heterocycles. The molecule has 0 saturated carbocycles. The lowest BCUT2D eigenvalue weighted by Crippen LogP contribution is -2.29. The maximum absolute atomic E-state index is 12.1. The number of rotatable bonds is 4. The van der Waals surface area contributed by atoms with Gasteiger partial charge in [0.05, 0.1) is 5.56 Å². The van der Waals surface area contributed by atoms with Gasteiger partial charge in [-0.15, -0.1) is 0 Å². The van der Waals surface area contributed by atoms with Crippen molar-refractivity contribution >= 4 is 23.2 Å². The second kappa shape index (κ2) is 5.73. The Balaban J connectivity index is 1.87. The number of amides is 1. The van der Waals surface area contributed by atoms with Crippen LogP contribution in [0.15, 0.2) is 59.0 Å². The standard InChI is InChI=1S/C17H12NO4/c19-10-13(16-9-11-5-1-4-8-15(11)22-16)18-17(21)12-6-2-3-7-14(12)20/h1-9,13,20H,(H,18,21). The minimum atomic E-state index is -1.04. The zero-order chi connectivity index (χ0) is 15.5. The molecule has 1 atom stereocenters. The molecule has 3 rings (SSSR count). The summed E-state index contributed by atoms with van der Waals surface area (Å²) in [7, 11) is 0. The van der Waals surface area contributed by atoms with Crippen LogP contribution in [0.1, 0.15) is 22.2 Å². The highest BCUT2D eigenvalue weighted by molar-refractivity contribution is 5.98. The van der Waals surface area contributed by atoms with Crippen molar-refractivity contribution in [2.24, 2.45) is 0 Å². The second-order valence-electron chi connectivity index (χ2n) is 4.73. The molecule has 2 N–H and O–H groups in total. The molecule has 5 nitrogen and oxygen atoms in total. The monoisotopic (exact) mass is 294 g/mol. The average Bonchev–Trinajstić information content (AvgIpc) is 2.96. The summed E-state index contributed by atoms with van der Waals surface area (Å²) in [5, 5.41) is 13.0. The van der Waals surface area contributed by atoms with Crippen LogP contribution >= 0.6 is 0 Å². The molecule has 1 amide bonds. The Morgan fingerprint density at radius 3 is 2.59 bits per heavy atom. The van der Waals surface area contributed by atoms with Crippen molar-refractivity contribution in [2.75, 3.05) is 0 Å². The molecule has 22 heavy (non-hydrogen) atoms. The largest absolute Gasteiger partial charge is 0.507 e. The van der Waals surface area contributed by atoms with E-state index >= 15 is 0 Å². The van der Waals surface area contributed by atoms with E-state index in [1.54, 1.807) is 30.6 Å². The lowest BCUT2D eigenvalue weighted by atomic mass is 10.1. The van der Waals surface area contributed by atoms with Crippen molar-refractivity contribution in [2.45, 2.75) is 6.04 Å². The first kappa shape index (κ1) is 13.9. The smallest absolute Gasteiger partial charge is 0.255 e. The molecule has 0 aliphatic carbocycles. The molecule has 1 radical (unpaired) electrons. The van der Waals surface area contributed by atoms with Gasteiger partial charge in [-0.25, -0.2) is 0 Å². The minimum absolute atomic E-state index is 0.0823. The van der Waals surface area contributed by atoms with E-state index in [0.717, 1.165) is 5.39 Å². The van der Waals surface area contributed by atoms with Crippen LogP contribution in [-0.2, 0) is 4.79 Å². The number of nitrogens with one attached hydrogen (secondary N) is 1. The zero-order valence-electron chi connectivity index (χ0n) is 11.4. The Kier molecular flexibility index (Phi) is 3.62. The SMILES string of the molecule is O=[C]C(NC(=O)c1ccccc1O)c1cc2ccccc2o1. The van der Waals surface area contributed by atoms with E-state index in [9.17, 15) is 14.7 Å². The van der Waals surface area contributed by atoms with Crippen molar-refractivity contribution in [3.63, 3.8) is 0 Å². The lowest BCUT2D eigenvalue weighted by Gasteiger charge is -2.10. The van der Waals surface area contributed by atoms with Crippen LogP contribution in [-0.4, -0.2) is 17.3 Å². The number of para-hydroxylation sites is 2. The fourth-order valence-corrected chi connectivity index (χ4v) is 2.18. The molecule has 5 heteroatoms. The summed E-state index contributed by atoms with van der Waals surface area (Å²) in [5.41, 5.74) is 0.702. The number of hydrogen-bond donors (Lipinski definition) is 2. The molecule has 1 unspecified atom stereocenters. The quantitative estimate of drug-likeness (QED) is 0.775. The summed E-state index contributed by atoms with van der Waals surface area (Å²) < 4.78 is 5.55. The van der Waals surface area contributed by atoms with E-state index in [4.69, 9.17) is 4.42 Å². The number of aromatic hydroxyl groups is 1. The molecule has 1 aromatic heterocycles. The van der Waals surface area contributed by atoms with Gasteiger partial charge in [-0.1, -0.05) is 30.3 Å². The van der Waals surface area contributed by atoms with Crippen molar-refractivity contribution in [1.29, 1.82) is 0 Å². The highest BCUT2D eigenvalue weighted by atomic mass is 16.3. The predicted octanol–water partition coefficient (Wildman–Crippen LogP) is 2.72. The first-order valence-corrected chi connectivity index (χ1v) is 6.64. The first-order chi connectivity index (χ1) is 10.7. The lowest BCUT2D eigenvalue weighted by molar-refractivity contribution is 0.0940. The van der Waals surface area contributed by atoms with Crippen molar-refractivity contribution in [1.82, 2.24) is 5.32 Å². The summed E-state index contributed by atoms with van der Waals surface area (Å²) >= 11 is 0. The van der Waals surface area contributed by atoms with Crippen LogP contribution in [0, 0.1) is 0 Å². The van der Waals surface area contributed by atoms with Crippen LogP contribution in [0.4, 0.5) is 0 Å². The van der Waals surface area contributed by atoms with Gasteiger partial charge in [-0.05, 0) is 24.3 Å². The minimum Gasteiger partial charge on any atom is -0.507 e. The number of benzene rings is 2. The summed E-state index contributed by atoms with van der Waals surface area (Å²) in [4.78, 5) is 23.3. The number of fused-ring (bicyclic) bond motifs is 1. The third kappa shape index (κ3) is 2.56. The molecular formula is C17H12NO4. The number of furan rings is 1. The predicted molar refractivity (Wildman–Crippen MR) is 80.2 cm³/mol. The molecule has 109 valence electrons. The van der Waals surface area contributed by atoms with Gasteiger partial charge in [0.25, 0.3) is 5.91 Å². The molecule has 3 aromatic rings. The summed E-state index contributed by atoms with van der Waals surface area (Å²) in [6.07, 6.45) is 1.74. The number of phenols is 1. The van der Waals surface area contributed by atoms with E-state index in [0.29, 0.717) is 11.3 Å². The fourth-order valence-electron chi connectivity index (χ4n) is 2.18. The van der Waals surface area contributed by atoms with Crippen LogP contribution in [0.5, 0.6) is 5.75 Å². The molecule has 0 saturated heterocycles.